The van der Waals surface area contributed by atoms with Gasteiger partial charge >= 0.3 is 0 Å². The molecule has 28 heavy (non-hydrogen) atoms. The van der Waals surface area contributed by atoms with Gasteiger partial charge in [0.1, 0.15) is 5.75 Å². The highest BCUT2D eigenvalue weighted by Gasteiger charge is 2.06. The number of nitrogens with one attached hydrogen (secondary N) is 2. The number of carbonyl (C=O) groups excluding carboxylic acids is 1. The summed E-state index contributed by atoms with van der Waals surface area (Å²) in [6.45, 7) is 0.687. The Morgan fingerprint density at radius 1 is 1.04 bits per heavy atom. The van der Waals surface area contributed by atoms with Crippen LogP contribution in [0.1, 0.15) is 10.4 Å². The Labute approximate surface area is 181 Å². The van der Waals surface area contributed by atoms with Gasteiger partial charge in [0.2, 0.25) is 0 Å². The number of aliphatic imine (C=N–C) groups is 1. The van der Waals surface area contributed by atoms with Crippen LogP contribution in [0.25, 0.3) is 0 Å². The number of anilines is 1. The molecular weight excluding hydrogens is 475 g/mol. The van der Waals surface area contributed by atoms with Crippen molar-refractivity contribution in [2.75, 3.05) is 39.7 Å². The molecule has 0 aliphatic carbocycles. The van der Waals surface area contributed by atoms with Gasteiger partial charge in [-0.1, -0.05) is 6.07 Å². The number of guanidine groups is 1. The molecule has 0 bridgehead atoms. The van der Waals surface area contributed by atoms with Crippen LogP contribution in [0.4, 0.5) is 5.69 Å². The minimum atomic E-state index is -0.199. The molecule has 0 unspecified atom stereocenters. The number of benzene rings is 2. The zero-order chi connectivity index (χ0) is 19.6. The van der Waals surface area contributed by atoms with Crippen molar-refractivity contribution in [3.8, 4) is 17.2 Å². The van der Waals surface area contributed by atoms with Crippen LogP contribution in [0, 0.1) is 0 Å². The molecule has 2 rings (SSSR count). The highest BCUT2D eigenvalue weighted by atomic mass is 127. The number of carbonyl (C=O) groups is 1. The number of halogens is 1. The van der Waals surface area contributed by atoms with Crippen LogP contribution in [0.5, 0.6) is 17.2 Å². The zero-order valence-electron chi connectivity index (χ0n) is 16.0. The van der Waals surface area contributed by atoms with Crippen molar-refractivity contribution < 1.29 is 19.0 Å². The lowest BCUT2D eigenvalue weighted by Crippen LogP contribution is -2.28. The molecule has 4 N–H and O–H groups in total. The molecule has 152 valence electrons. The van der Waals surface area contributed by atoms with Gasteiger partial charge in [-0.25, -0.2) is 0 Å². The molecule has 0 aromatic heterocycles. The second kappa shape index (κ2) is 11.9. The van der Waals surface area contributed by atoms with E-state index in [2.05, 4.69) is 15.6 Å². The summed E-state index contributed by atoms with van der Waals surface area (Å²) in [5, 5.41) is 5.75. The van der Waals surface area contributed by atoms with Gasteiger partial charge in [0.15, 0.2) is 17.5 Å². The van der Waals surface area contributed by atoms with Crippen LogP contribution >= 0.6 is 24.0 Å². The van der Waals surface area contributed by atoms with Gasteiger partial charge in [-0.3, -0.25) is 9.79 Å². The number of rotatable bonds is 8. The summed E-state index contributed by atoms with van der Waals surface area (Å²) in [7, 11) is 4.69. The summed E-state index contributed by atoms with van der Waals surface area (Å²) in [5.41, 5.74) is 7.11. The Bertz CT molecular complexity index is 814. The molecule has 9 heteroatoms. The molecule has 0 saturated heterocycles. The second-order valence-electron chi connectivity index (χ2n) is 5.45. The summed E-state index contributed by atoms with van der Waals surface area (Å²) in [5.74, 6) is 1.87. The van der Waals surface area contributed by atoms with E-state index in [0.29, 0.717) is 41.6 Å². The molecule has 0 fully saturated rings. The number of hydrogen-bond donors (Lipinski definition) is 3. The smallest absolute Gasteiger partial charge is 0.251 e. The average Bonchev–Trinajstić information content (AvgIpc) is 2.70. The molecule has 2 aromatic carbocycles. The maximum Gasteiger partial charge on any atom is 0.251 e. The molecule has 0 aliphatic heterocycles. The van der Waals surface area contributed by atoms with E-state index in [0.717, 1.165) is 0 Å². The number of amides is 1. The molecule has 0 spiro atoms. The second-order valence-corrected chi connectivity index (χ2v) is 5.45. The lowest BCUT2D eigenvalue weighted by Gasteiger charge is -2.11. The molecule has 0 radical (unpaired) electrons. The molecule has 0 aliphatic rings. The highest BCUT2D eigenvalue weighted by Crippen LogP contribution is 2.29. The molecule has 0 heterocycles. The van der Waals surface area contributed by atoms with E-state index in [9.17, 15) is 4.79 Å². The number of methoxy groups -OCH3 is 3. The summed E-state index contributed by atoms with van der Waals surface area (Å²) in [6.07, 6.45) is 0. The standard InChI is InChI=1S/C19H24N4O4.HI/c1-25-15-6-4-5-13(11-15)18(24)21-9-10-22-19(20)23-14-7-8-16(26-2)17(12-14)27-3;/h4-8,11-12H,9-10H2,1-3H3,(H,21,24)(H3,20,22,23);1H. The van der Waals surface area contributed by atoms with Crippen molar-refractivity contribution in [3.63, 3.8) is 0 Å². The Morgan fingerprint density at radius 2 is 1.79 bits per heavy atom. The minimum absolute atomic E-state index is 0. The molecule has 1 amide bonds. The van der Waals surface area contributed by atoms with Gasteiger partial charge in [-0.2, -0.15) is 0 Å². The molecule has 0 saturated carbocycles. The lowest BCUT2D eigenvalue weighted by atomic mass is 10.2. The number of hydrogen-bond acceptors (Lipinski definition) is 5. The third-order valence-electron chi connectivity index (χ3n) is 3.67. The molecule has 2 aromatic rings. The van der Waals surface area contributed by atoms with Crippen LogP contribution in [0.2, 0.25) is 0 Å². The number of nitrogens with zero attached hydrogens (tertiary/aromatic N) is 1. The third-order valence-corrected chi connectivity index (χ3v) is 3.67. The van der Waals surface area contributed by atoms with Crippen LogP contribution in [-0.4, -0.2) is 46.3 Å². The van der Waals surface area contributed by atoms with Gasteiger partial charge in [0, 0.05) is 23.9 Å². The maximum absolute atomic E-state index is 12.1. The normalized spacial score (nSPS) is 10.5. The fourth-order valence-electron chi connectivity index (χ4n) is 2.31. The van der Waals surface area contributed by atoms with Crippen molar-refractivity contribution in [3.05, 3.63) is 48.0 Å². The van der Waals surface area contributed by atoms with Gasteiger partial charge in [0.05, 0.1) is 27.9 Å². The van der Waals surface area contributed by atoms with E-state index in [1.807, 2.05) is 0 Å². The first-order chi connectivity index (χ1) is 13.1. The van der Waals surface area contributed by atoms with Crippen LogP contribution in [-0.2, 0) is 0 Å². The largest absolute Gasteiger partial charge is 0.497 e. The summed E-state index contributed by atoms with van der Waals surface area (Å²) in [4.78, 5) is 16.3. The number of ether oxygens (including phenoxy) is 3. The molecular formula is C19H25IN4O4. The van der Waals surface area contributed by atoms with Crippen molar-refractivity contribution >= 4 is 41.5 Å². The SMILES string of the molecule is COc1cccc(C(=O)NCCN=C(N)Nc2ccc(OC)c(OC)c2)c1.I. The van der Waals surface area contributed by atoms with Gasteiger partial charge in [-0.05, 0) is 30.3 Å². The zero-order valence-corrected chi connectivity index (χ0v) is 18.4. The predicted octanol–water partition coefficient (Wildman–Crippen LogP) is 2.49. The Hall–Kier alpha value is -2.69. The Balaban J connectivity index is 0.00000392. The topological polar surface area (TPSA) is 107 Å². The van der Waals surface area contributed by atoms with E-state index in [4.69, 9.17) is 19.9 Å². The van der Waals surface area contributed by atoms with Crippen LogP contribution in [0.3, 0.4) is 0 Å². The van der Waals surface area contributed by atoms with Gasteiger partial charge in [-0.15, -0.1) is 24.0 Å². The predicted molar refractivity (Wildman–Crippen MR) is 120 cm³/mol. The van der Waals surface area contributed by atoms with Crippen molar-refractivity contribution in [1.82, 2.24) is 5.32 Å². The van der Waals surface area contributed by atoms with E-state index < -0.39 is 0 Å². The van der Waals surface area contributed by atoms with Crippen LogP contribution in [0.15, 0.2) is 47.5 Å². The lowest BCUT2D eigenvalue weighted by molar-refractivity contribution is 0.0954. The highest BCUT2D eigenvalue weighted by molar-refractivity contribution is 14.0. The van der Waals surface area contributed by atoms with E-state index in [-0.39, 0.29) is 35.8 Å². The fourth-order valence-corrected chi connectivity index (χ4v) is 2.31. The van der Waals surface area contributed by atoms with Gasteiger partial charge < -0.3 is 30.6 Å². The van der Waals surface area contributed by atoms with E-state index >= 15 is 0 Å². The maximum atomic E-state index is 12.1. The average molecular weight is 500 g/mol. The van der Waals surface area contributed by atoms with E-state index in [1.165, 1.54) is 0 Å². The quantitative estimate of drug-likeness (QED) is 0.223. The Morgan fingerprint density at radius 3 is 2.46 bits per heavy atom. The third kappa shape index (κ3) is 6.80. The first-order valence-electron chi connectivity index (χ1n) is 8.28. The van der Waals surface area contributed by atoms with Crippen molar-refractivity contribution in [1.29, 1.82) is 0 Å². The monoisotopic (exact) mass is 500 g/mol. The Kier molecular flexibility index (Phi) is 9.93. The summed E-state index contributed by atoms with van der Waals surface area (Å²) in [6, 6.07) is 12.3. The van der Waals surface area contributed by atoms with Gasteiger partial charge in [0.25, 0.3) is 5.91 Å². The first kappa shape index (κ1) is 23.3. The fraction of sp³-hybridized carbons (Fsp3) is 0.263. The summed E-state index contributed by atoms with van der Waals surface area (Å²) >= 11 is 0. The molecule has 8 nitrogen and oxygen atoms in total. The number of nitrogens with two attached hydrogens (primary N) is 1. The summed E-state index contributed by atoms with van der Waals surface area (Å²) < 4.78 is 15.5. The minimum Gasteiger partial charge on any atom is -0.497 e. The van der Waals surface area contributed by atoms with E-state index in [1.54, 1.807) is 63.8 Å². The van der Waals surface area contributed by atoms with Crippen LogP contribution < -0.4 is 30.6 Å². The first-order valence-corrected chi connectivity index (χ1v) is 8.28. The molecule has 0 atom stereocenters. The van der Waals surface area contributed by atoms with Crippen molar-refractivity contribution in [2.45, 2.75) is 0 Å². The van der Waals surface area contributed by atoms with Crippen molar-refractivity contribution in [2.24, 2.45) is 10.7 Å².